The van der Waals surface area contributed by atoms with Crippen LogP contribution >= 0.6 is 0 Å². The van der Waals surface area contributed by atoms with Crippen LogP contribution in [0.25, 0.3) is 0 Å². The minimum absolute atomic E-state index is 0.00711. The zero-order chi connectivity index (χ0) is 15.9. The van der Waals surface area contributed by atoms with Crippen LogP contribution in [0.2, 0.25) is 0 Å². The van der Waals surface area contributed by atoms with Crippen molar-refractivity contribution in [1.82, 2.24) is 15.5 Å². The van der Waals surface area contributed by atoms with Gasteiger partial charge in [-0.1, -0.05) is 18.2 Å². The van der Waals surface area contributed by atoms with E-state index in [1.165, 1.54) is 6.42 Å². The number of aromatic nitrogens is 2. The monoisotopic (exact) mass is 311 g/mol. The number of nitrogens with one attached hydrogen (secondary N) is 2. The minimum Gasteiger partial charge on any atom is -0.487 e. The molecule has 2 N–H and O–H groups in total. The van der Waals surface area contributed by atoms with Crippen molar-refractivity contribution in [2.24, 2.45) is 0 Å². The van der Waals surface area contributed by atoms with E-state index in [1.807, 2.05) is 37.3 Å². The fourth-order valence-corrected chi connectivity index (χ4v) is 3.60. The number of ether oxygens (including phenoxy) is 1. The van der Waals surface area contributed by atoms with E-state index in [0.717, 1.165) is 42.0 Å². The Kier molecular flexibility index (Phi) is 3.36. The first-order valence-corrected chi connectivity index (χ1v) is 8.22. The summed E-state index contributed by atoms with van der Waals surface area (Å²) in [6, 6.07) is 9.96. The van der Waals surface area contributed by atoms with Gasteiger partial charge in [-0.25, -0.2) is 0 Å². The zero-order valence-corrected chi connectivity index (χ0v) is 13.3. The van der Waals surface area contributed by atoms with Crippen molar-refractivity contribution in [3.05, 3.63) is 47.3 Å². The molecule has 1 aliphatic heterocycles. The molecular formula is C18H21N3O2. The van der Waals surface area contributed by atoms with Crippen LogP contribution in [-0.2, 0) is 11.2 Å². The molecule has 2 heterocycles. The molecule has 23 heavy (non-hydrogen) atoms. The van der Waals surface area contributed by atoms with E-state index in [9.17, 15) is 4.79 Å². The van der Waals surface area contributed by atoms with Gasteiger partial charge in [0, 0.05) is 17.7 Å². The van der Waals surface area contributed by atoms with Gasteiger partial charge < -0.3 is 10.1 Å². The Morgan fingerprint density at radius 3 is 2.96 bits per heavy atom. The third-order valence-corrected chi connectivity index (χ3v) is 4.90. The molecule has 1 aromatic heterocycles. The van der Waals surface area contributed by atoms with Crippen molar-refractivity contribution in [3.63, 3.8) is 0 Å². The molecule has 0 radical (unpaired) electrons. The maximum absolute atomic E-state index is 12.4. The summed E-state index contributed by atoms with van der Waals surface area (Å²) in [4.78, 5) is 12.4. The molecule has 2 aromatic rings. The number of aryl methyl sites for hydroxylation is 1. The quantitative estimate of drug-likeness (QED) is 0.916. The molecule has 1 aliphatic carbocycles. The maximum atomic E-state index is 12.4. The van der Waals surface area contributed by atoms with Gasteiger partial charge in [-0.15, -0.1) is 0 Å². The summed E-state index contributed by atoms with van der Waals surface area (Å²) in [5, 5.41) is 10.2. The molecule has 1 saturated carbocycles. The molecule has 4 rings (SSSR count). The van der Waals surface area contributed by atoms with E-state index >= 15 is 0 Å². The maximum Gasteiger partial charge on any atom is 0.226 e. The largest absolute Gasteiger partial charge is 0.487 e. The minimum atomic E-state index is -0.0742. The van der Waals surface area contributed by atoms with Gasteiger partial charge in [0.1, 0.15) is 11.4 Å². The number of hydrogen-bond acceptors (Lipinski definition) is 3. The molecule has 5 heteroatoms. The number of carbonyl (C=O) groups excluding carboxylic acids is 1. The Labute approximate surface area is 135 Å². The lowest BCUT2D eigenvalue weighted by atomic mass is 9.73. The van der Waals surface area contributed by atoms with Gasteiger partial charge in [0.15, 0.2) is 0 Å². The topological polar surface area (TPSA) is 67.0 Å². The smallest absolute Gasteiger partial charge is 0.226 e. The molecule has 0 bridgehead atoms. The number of amides is 1. The summed E-state index contributed by atoms with van der Waals surface area (Å²) in [7, 11) is 0. The molecule has 0 unspecified atom stereocenters. The van der Waals surface area contributed by atoms with Crippen molar-refractivity contribution in [2.75, 3.05) is 0 Å². The third kappa shape index (κ3) is 2.71. The van der Waals surface area contributed by atoms with E-state index in [0.29, 0.717) is 6.42 Å². The van der Waals surface area contributed by atoms with Crippen molar-refractivity contribution in [3.8, 4) is 5.75 Å². The molecular weight excluding hydrogens is 290 g/mol. The number of aromatic amines is 1. The van der Waals surface area contributed by atoms with Crippen molar-refractivity contribution < 1.29 is 9.53 Å². The second-order valence-corrected chi connectivity index (χ2v) is 6.72. The van der Waals surface area contributed by atoms with Gasteiger partial charge in [0.05, 0.1) is 18.2 Å². The zero-order valence-electron chi connectivity index (χ0n) is 13.3. The lowest BCUT2D eigenvalue weighted by Crippen LogP contribution is -2.49. The Morgan fingerprint density at radius 2 is 2.26 bits per heavy atom. The van der Waals surface area contributed by atoms with Crippen molar-refractivity contribution in [1.29, 1.82) is 0 Å². The average molecular weight is 311 g/mol. The molecule has 1 aromatic carbocycles. The normalized spacial score (nSPS) is 21.2. The lowest BCUT2D eigenvalue weighted by Gasteiger charge is -2.48. The number of nitrogens with zero attached hydrogens (tertiary/aromatic N) is 1. The number of hydrogen-bond donors (Lipinski definition) is 2. The van der Waals surface area contributed by atoms with E-state index < -0.39 is 0 Å². The molecule has 0 saturated heterocycles. The lowest BCUT2D eigenvalue weighted by molar-refractivity contribution is -0.122. The number of para-hydroxylation sites is 1. The Balaban J connectivity index is 1.52. The molecule has 1 atom stereocenters. The van der Waals surface area contributed by atoms with Crippen LogP contribution in [0.3, 0.4) is 0 Å². The first-order valence-electron chi connectivity index (χ1n) is 8.22. The average Bonchev–Trinajstić information content (AvgIpc) is 2.90. The predicted molar refractivity (Wildman–Crippen MR) is 86.2 cm³/mol. The Morgan fingerprint density at radius 1 is 1.43 bits per heavy atom. The van der Waals surface area contributed by atoms with Gasteiger partial charge in [-0.3, -0.25) is 9.89 Å². The van der Waals surface area contributed by atoms with E-state index in [4.69, 9.17) is 4.74 Å². The molecule has 1 spiro atoms. The fourth-order valence-electron chi connectivity index (χ4n) is 3.60. The highest BCUT2D eigenvalue weighted by Gasteiger charge is 2.45. The molecule has 1 amide bonds. The first kappa shape index (κ1) is 14.3. The highest BCUT2D eigenvalue weighted by atomic mass is 16.5. The fraction of sp³-hybridized carbons (Fsp3) is 0.444. The summed E-state index contributed by atoms with van der Waals surface area (Å²) in [5.41, 5.74) is 2.75. The van der Waals surface area contributed by atoms with Crippen LogP contribution in [0.5, 0.6) is 5.75 Å². The van der Waals surface area contributed by atoms with E-state index in [1.54, 1.807) is 0 Å². The Hall–Kier alpha value is -2.30. The van der Waals surface area contributed by atoms with Crippen molar-refractivity contribution >= 4 is 5.91 Å². The highest BCUT2D eigenvalue weighted by molar-refractivity contribution is 5.78. The summed E-state index contributed by atoms with van der Waals surface area (Å²) in [6.45, 7) is 1.93. The molecule has 120 valence electrons. The number of rotatable bonds is 3. The van der Waals surface area contributed by atoms with Gasteiger partial charge in [0.25, 0.3) is 0 Å². The summed E-state index contributed by atoms with van der Waals surface area (Å²) < 4.78 is 6.22. The van der Waals surface area contributed by atoms with Gasteiger partial charge in [-0.05, 0) is 38.3 Å². The Bertz CT molecular complexity index is 733. The number of carbonyl (C=O) groups is 1. The van der Waals surface area contributed by atoms with Gasteiger partial charge >= 0.3 is 0 Å². The third-order valence-electron chi connectivity index (χ3n) is 4.90. The number of fused-ring (bicyclic) bond motifs is 1. The van der Waals surface area contributed by atoms with Crippen LogP contribution in [0, 0.1) is 6.92 Å². The number of H-pyrrole nitrogens is 1. The molecule has 1 fully saturated rings. The van der Waals surface area contributed by atoms with Gasteiger partial charge in [-0.2, -0.15) is 5.10 Å². The van der Waals surface area contributed by atoms with Crippen LogP contribution in [0.4, 0.5) is 0 Å². The molecule has 5 nitrogen and oxygen atoms in total. The van der Waals surface area contributed by atoms with E-state index in [2.05, 4.69) is 15.5 Å². The van der Waals surface area contributed by atoms with Crippen LogP contribution in [0.15, 0.2) is 30.3 Å². The predicted octanol–water partition coefficient (Wildman–Crippen LogP) is 2.82. The summed E-state index contributed by atoms with van der Waals surface area (Å²) >= 11 is 0. The SMILES string of the molecule is Cc1cc(CC(=O)N[C@H]2CC3(CCC3)Oc3ccccc32)n[nH]1. The summed E-state index contributed by atoms with van der Waals surface area (Å²) in [6.07, 6.45) is 4.51. The second kappa shape index (κ2) is 5.41. The first-order chi connectivity index (χ1) is 11.1. The summed E-state index contributed by atoms with van der Waals surface area (Å²) in [5.74, 6) is 0.923. The van der Waals surface area contributed by atoms with Crippen molar-refractivity contribution in [2.45, 2.75) is 50.7 Å². The van der Waals surface area contributed by atoms with E-state index in [-0.39, 0.29) is 17.6 Å². The standard InChI is InChI=1S/C18H21N3O2/c1-12-9-13(21-20-12)10-17(22)19-15-11-18(7-4-8-18)23-16-6-3-2-5-14(15)16/h2-3,5-6,9,15H,4,7-8,10-11H2,1H3,(H,19,22)(H,20,21)/t15-/m0/s1. The number of benzene rings is 1. The van der Waals surface area contributed by atoms with Crippen LogP contribution in [-0.4, -0.2) is 21.7 Å². The highest BCUT2D eigenvalue weighted by Crippen LogP contribution is 2.48. The second-order valence-electron chi connectivity index (χ2n) is 6.72. The van der Waals surface area contributed by atoms with Crippen LogP contribution in [0.1, 0.15) is 48.7 Å². The van der Waals surface area contributed by atoms with Gasteiger partial charge in [0.2, 0.25) is 5.91 Å². The molecule has 2 aliphatic rings. The van der Waals surface area contributed by atoms with Crippen LogP contribution < -0.4 is 10.1 Å².